The number of methoxy groups -OCH3 is 1. The van der Waals surface area contributed by atoms with E-state index in [1.807, 2.05) is 13.8 Å². The molecule has 0 spiro atoms. The third kappa shape index (κ3) is 3.42. The Balaban J connectivity index is 2.92. The largest absolute Gasteiger partial charge is 0.480 e. The molecule has 6 heteroatoms. The van der Waals surface area contributed by atoms with Gasteiger partial charge in [-0.2, -0.15) is 0 Å². The quantitative estimate of drug-likeness (QED) is 0.836. The van der Waals surface area contributed by atoms with Gasteiger partial charge in [-0.25, -0.2) is 9.59 Å². The molecular weight excluding hydrogens is 260 g/mol. The zero-order valence-electron chi connectivity index (χ0n) is 12.9. The lowest BCUT2D eigenvalue weighted by molar-refractivity contribution is -0.151. The number of hydrogen-bond donors (Lipinski definition) is 1. The normalized spacial score (nSPS) is 22.9. The van der Waals surface area contributed by atoms with Gasteiger partial charge in [0.05, 0.1) is 6.61 Å². The number of nitrogens with zero attached hydrogens (tertiary/aromatic N) is 2. The lowest BCUT2D eigenvalue weighted by atomic mass is 9.88. The molecular formula is C14H26N2O4. The molecule has 1 rings (SSSR count). The van der Waals surface area contributed by atoms with Crippen LogP contribution in [0.15, 0.2) is 0 Å². The van der Waals surface area contributed by atoms with Crippen molar-refractivity contribution in [1.29, 1.82) is 0 Å². The highest BCUT2D eigenvalue weighted by Gasteiger charge is 2.45. The summed E-state index contributed by atoms with van der Waals surface area (Å²) < 4.78 is 5.03. The van der Waals surface area contributed by atoms with Gasteiger partial charge in [-0.3, -0.25) is 0 Å². The Hall–Kier alpha value is -1.30. The van der Waals surface area contributed by atoms with E-state index in [1.165, 1.54) is 4.90 Å². The SMILES string of the molecule is COCCN(C(=O)N1CCCCC1(C)C(=O)O)C(C)C. The monoisotopic (exact) mass is 286 g/mol. The first kappa shape index (κ1) is 16.8. The molecule has 0 radical (unpaired) electrons. The van der Waals surface area contributed by atoms with Crippen LogP contribution in [-0.4, -0.2) is 65.3 Å². The van der Waals surface area contributed by atoms with Crippen LogP contribution in [0.3, 0.4) is 0 Å². The summed E-state index contributed by atoms with van der Waals surface area (Å²) in [6.45, 7) is 6.91. The number of hydrogen-bond acceptors (Lipinski definition) is 3. The molecule has 0 bridgehead atoms. The summed E-state index contributed by atoms with van der Waals surface area (Å²) in [4.78, 5) is 27.4. The van der Waals surface area contributed by atoms with Crippen molar-refractivity contribution in [2.45, 2.75) is 51.6 Å². The molecule has 1 unspecified atom stereocenters. The number of carboxylic acid groups (broad SMARTS) is 1. The molecule has 1 heterocycles. The van der Waals surface area contributed by atoms with Gasteiger partial charge in [-0.15, -0.1) is 0 Å². The van der Waals surface area contributed by atoms with Gasteiger partial charge in [0.15, 0.2) is 0 Å². The maximum absolute atomic E-state index is 12.7. The van der Waals surface area contributed by atoms with Crippen molar-refractivity contribution in [3.63, 3.8) is 0 Å². The molecule has 1 aliphatic heterocycles. The standard InChI is InChI=1S/C14H26N2O4/c1-11(2)15(9-10-20-4)13(19)16-8-6-5-7-14(16,3)12(17)18/h11H,5-10H2,1-4H3,(H,17,18). The van der Waals surface area contributed by atoms with Crippen LogP contribution in [0.2, 0.25) is 0 Å². The first-order valence-corrected chi connectivity index (χ1v) is 7.15. The Morgan fingerprint density at radius 1 is 1.40 bits per heavy atom. The molecule has 116 valence electrons. The van der Waals surface area contributed by atoms with E-state index in [4.69, 9.17) is 4.74 Å². The van der Waals surface area contributed by atoms with E-state index in [0.717, 1.165) is 12.8 Å². The number of carbonyl (C=O) groups excluding carboxylic acids is 1. The zero-order chi connectivity index (χ0) is 15.3. The first-order valence-electron chi connectivity index (χ1n) is 7.15. The topological polar surface area (TPSA) is 70.1 Å². The maximum Gasteiger partial charge on any atom is 0.329 e. The number of carbonyl (C=O) groups is 2. The van der Waals surface area contributed by atoms with Crippen LogP contribution < -0.4 is 0 Å². The number of ether oxygens (including phenoxy) is 1. The summed E-state index contributed by atoms with van der Waals surface area (Å²) in [5.74, 6) is -0.930. The van der Waals surface area contributed by atoms with Gasteiger partial charge < -0.3 is 19.6 Å². The lowest BCUT2D eigenvalue weighted by Gasteiger charge is -2.44. The van der Waals surface area contributed by atoms with E-state index < -0.39 is 11.5 Å². The minimum Gasteiger partial charge on any atom is -0.480 e. The third-order valence-corrected chi connectivity index (χ3v) is 3.99. The van der Waals surface area contributed by atoms with Crippen LogP contribution >= 0.6 is 0 Å². The number of rotatable bonds is 5. The molecule has 1 aliphatic rings. The first-order chi connectivity index (χ1) is 9.34. The number of likely N-dealkylation sites (tertiary alicyclic amines) is 1. The van der Waals surface area contributed by atoms with Crippen molar-refractivity contribution in [3.05, 3.63) is 0 Å². The molecule has 1 atom stereocenters. The minimum absolute atomic E-state index is 0.0117. The molecule has 0 aromatic rings. The van der Waals surface area contributed by atoms with Crippen molar-refractivity contribution in [2.24, 2.45) is 0 Å². The molecule has 6 nitrogen and oxygen atoms in total. The van der Waals surface area contributed by atoms with E-state index in [2.05, 4.69) is 0 Å². The van der Waals surface area contributed by atoms with Gasteiger partial charge in [0, 0.05) is 26.2 Å². The second kappa shape index (κ2) is 6.92. The Bertz CT molecular complexity index is 359. The average molecular weight is 286 g/mol. The lowest BCUT2D eigenvalue weighted by Crippen LogP contribution is -2.61. The fraction of sp³-hybridized carbons (Fsp3) is 0.857. The molecule has 1 fully saturated rings. The Morgan fingerprint density at radius 3 is 2.55 bits per heavy atom. The zero-order valence-corrected chi connectivity index (χ0v) is 12.9. The van der Waals surface area contributed by atoms with Crippen molar-refractivity contribution in [2.75, 3.05) is 26.8 Å². The highest BCUT2D eigenvalue weighted by atomic mass is 16.5. The van der Waals surface area contributed by atoms with E-state index in [1.54, 1.807) is 18.9 Å². The van der Waals surface area contributed by atoms with Crippen molar-refractivity contribution < 1.29 is 19.4 Å². The summed E-state index contributed by atoms with van der Waals surface area (Å²) in [7, 11) is 1.59. The van der Waals surface area contributed by atoms with Crippen LogP contribution in [0.25, 0.3) is 0 Å². The third-order valence-electron chi connectivity index (χ3n) is 3.99. The van der Waals surface area contributed by atoms with Crippen LogP contribution in [0.1, 0.15) is 40.0 Å². The van der Waals surface area contributed by atoms with E-state index >= 15 is 0 Å². The second-order valence-corrected chi connectivity index (χ2v) is 5.75. The fourth-order valence-corrected chi connectivity index (χ4v) is 2.57. The molecule has 1 saturated heterocycles. The predicted octanol–water partition coefficient (Wildman–Crippen LogP) is 1.79. The van der Waals surface area contributed by atoms with Crippen molar-refractivity contribution in [1.82, 2.24) is 9.80 Å². The number of piperidine rings is 1. The van der Waals surface area contributed by atoms with Gasteiger partial charge in [-0.1, -0.05) is 0 Å². The number of amides is 2. The van der Waals surface area contributed by atoms with Gasteiger partial charge in [0.25, 0.3) is 0 Å². The van der Waals surface area contributed by atoms with Crippen LogP contribution in [0.4, 0.5) is 4.79 Å². The smallest absolute Gasteiger partial charge is 0.329 e. The fourth-order valence-electron chi connectivity index (χ4n) is 2.57. The predicted molar refractivity (Wildman–Crippen MR) is 75.7 cm³/mol. The average Bonchev–Trinajstić information content (AvgIpc) is 2.38. The number of urea groups is 1. The van der Waals surface area contributed by atoms with Gasteiger partial charge in [0.2, 0.25) is 0 Å². The summed E-state index contributed by atoms with van der Waals surface area (Å²) in [5, 5.41) is 9.48. The Labute approximate surface area is 120 Å². The molecule has 0 aromatic carbocycles. The molecule has 0 saturated carbocycles. The second-order valence-electron chi connectivity index (χ2n) is 5.75. The number of carboxylic acids is 1. The molecule has 1 N–H and O–H groups in total. The van der Waals surface area contributed by atoms with Crippen molar-refractivity contribution >= 4 is 12.0 Å². The summed E-state index contributed by atoms with van der Waals surface area (Å²) in [5.41, 5.74) is -1.10. The minimum atomic E-state index is -1.10. The summed E-state index contributed by atoms with van der Waals surface area (Å²) >= 11 is 0. The molecule has 0 aliphatic carbocycles. The van der Waals surface area contributed by atoms with Crippen LogP contribution in [0.5, 0.6) is 0 Å². The maximum atomic E-state index is 12.7. The molecule has 20 heavy (non-hydrogen) atoms. The van der Waals surface area contributed by atoms with Gasteiger partial charge in [0.1, 0.15) is 5.54 Å². The van der Waals surface area contributed by atoms with Gasteiger partial charge in [-0.05, 0) is 40.0 Å². The van der Waals surface area contributed by atoms with Crippen LogP contribution in [-0.2, 0) is 9.53 Å². The van der Waals surface area contributed by atoms with E-state index in [9.17, 15) is 14.7 Å². The van der Waals surface area contributed by atoms with Crippen molar-refractivity contribution in [3.8, 4) is 0 Å². The van der Waals surface area contributed by atoms with E-state index in [-0.39, 0.29) is 12.1 Å². The van der Waals surface area contributed by atoms with Crippen LogP contribution in [0, 0.1) is 0 Å². The summed E-state index contributed by atoms with van der Waals surface area (Å²) in [6.07, 6.45) is 2.20. The Morgan fingerprint density at radius 2 is 2.05 bits per heavy atom. The molecule has 2 amide bonds. The number of aliphatic carboxylic acids is 1. The Kier molecular flexibility index (Phi) is 5.80. The highest BCUT2D eigenvalue weighted by molar-refractivity contribution is 5.86. The van der Waals surface area contributed by atoms with Gasteiger partial charge >= 0.3 is 12.0 Å². The van der Waals surface area contributed by atoms with E-state index in [0.29, 0.717) is 26.1 Å². The highest BCUT2D eigenvalue weighted by Crippen LogP contribution is 2.29. The summed E-state index contributed by atoms with van der Waals surface area (Å²) in [6, 6.07) is -0.195. The molecule has 0 aromatic heterocycles.